The van der Waals surface area contributed by atoms with Gasteiger partial charge in [0, 0.05) is 11.1 Å². The molecule has 2 aromatic carbocycles. The first-order chi connectivity index (χ1) is 13.0. The SMILES string of the molecule is COC(=O)c1[nH]c(C(=O)OC)c(-c2ccc(O)cc2)c1-c1ccc(O)cc1. The van der Waals surface area contributed by atoms with Crippen molar-refractivity contribution in [1.29, 1.82) is 0 Å². The Morgan fingerprint density at radius 1 is 0.704 bits per heavy atom. The van der Waals surface area contributed by atoms with Gasteiger partial charge in [0.05, 0.1) is 14.2 Å². The molecular formula is C20H17NO6. The van der Waals surface area contributed by atoms with Gasteiger partial charge >= 0.3 is 11.9 Å². The standard InChI is InChI=1S/C20H17NO6/c1-26-19(24)17-15(11-3-7-13(22)8-4-11)16(18(21-17)20(25)27-2)12-5-9-14(23)10-6-12/h3-10,21-23H,1-2H3. The van der Waals surface area contributed by atoms with Crippen molar-refractivity contribution in [2.24, 2.45) is 0 Å². The van der Waals surface area contributed by atoms with Gasteiger partial charge in [0.25, 0.3) is 0 Å². The molecule has 0 fully saturated rings. The topological polar surface area (TPSA) is 109 Å². The Balaban J connectivity index is 2.37. The van der Waals surface area contributed by atoms with E-state index in [4.69, 9.17) is 9.47 Å². The highest BCUT2D eigenvalue weighted by Crippen LogP contribution is 2.39. The molecule has 0 saturated heterocycles. The third kappa shape index (κ3) is 3.35. The molecule has 1 aromatic heterocycles. The maximum atomic E-state index is 12.3. The van der Waals surface area contributed by atoms with E-state index >= 15 is 0 Å². The maximum Gasteiger partial charge on any atom is 0.355 e. The minimum absolute atomic E-state index is 0.0632. The van der Waals surface area contributed by atoms with Gasteiger partial charge in [-0.15, -0.1) is 0 Å². The van der Waals surface area contributed by atoms with Crippen molar-refractivity contribution < 1.29 is 29.3 Å². The van der Waals surface area contributed by atoms with Crippen LogP contribution in [0.3, 0.4) is 0 Å². The monoisotopic (exact) mass is 367 g/mol. The average molecular weight is 367 g/mol. The fraction of sp³-hybridized carbons (Fsp3) is 0.100. The number of nitrogens with one attached hydrogen (secondary N) is 1. The molecule has 1 heterocycles. The van der Waals surface area contributed by atoms with Crippen molar-refractivity contribution in [2.75, 3.05) is 14.2 Å². The Bertz CT molecular complexity index is 907. The second-order valence-electron chi connectivity index (χ2n) is 5.70. The first kappa shape index (κ1) is 18.1. The van der Waals surface area contributed by atoms with Crippen LogP contribution in [-0.4, -0.2) is 41.4 Å². The molecule has 3 rings (SSSR count). The molecule has 0 aliphatic carbocycles. The molecule has 0 spiro atoms. The molecule has 3 N–H and O–H groups in total. The number of ether oxygens (including phenoxy) is 2. The molecule has 0 radical (unpaired) electrons. The summed E-state index contributed by atoms with van der Waals surface area (Å²) in [5.74, 6) is -1.19. The van der Waals surface area contributed by atoms with Crippen LogP contribution in [0.2, 0.25) is 0 Å². The number of phenols is 2. The van der Waals surface area contributed by atoms with Crippen LogP contribution < -0.4 is 0 Å². The van der Waals surface area contributed by atoms with E-state index < -0.39 is 11.9 Å². The normalized spacial score (nSPS) is 10.4. The van der Waals surface area contributed by atoms with E-state index in [0.29, 0.717) is 22.3 Å². The van der Waals surface area contributed by atoms with Crippen LogP contribution in [0.4, 0.5) is 0 Å². The Kier molecular flexibility index (Phi) is 4.85. The number of methoxy groups -OCH3 is 2. The van der Waals surface area contributed by atoms with Crippen molar-refractivity contribution in [3.63, 3.8) is 0 Å². The lowest BCUT2D eigenvalue weighted by molar-refractivity contribution is 0.0591. The highest BCUT2D eigenvalue weighted by molar-refractivity contribution is 6.08. The number of rotatable bonds is 4. The van der Waals surface area contributed by atoms with Gasteiger partial charge in [-0.3, -0.25) is 0 Å². The number of aromatic nitrogens is 1. The van der Waals surface area contributed by atoms with E-state index in [0.717, 1.165) is 0 Å². The van der Waals surface area contributed by atoms with Crippen molar-refractivity contribution in [1.82, 2.24) is 4.98 Å². The summed E-state index contributed by atoms with van der Waals surface area (Å²) in [7, 11) is 2.48. The molecule has 0 aliphatic heterocycles. The molecule has 0 aliphatic rings. The zero-order valence-electron chi connectivity index (χ0n) is 14.6. The summed E-state index contributed by atoms with van der Waals surface area (Å²) in [6.07, 6.45) is 0. The minimum atomic E-state index is -0.659. The van der Waals surface area contributed by atoms with Crippen LogP contribution in [0.5, 0.6) is 11.5 Å². The first-order valence-electron chi connectivity index (χ1n) is 7.97. The van der Waals surface area contributed by atoms with E-state index in [9.17, 15) is 19.8 Å². The third-order valence-electron chi connectivity index (χ3n) is 4.09. The Labute approximate surface area is 154 Å². The number of benzene rings is 2. The second-order valence-corrected chi connectivity index (χ2v) is 5.70. The van der Waals surface area contributed by atoms with E-state index in [1.54, 1.807) is 24.3 Å². The van der Waals surface area contributed by atoms with Gasteiger partial charge in [0.15, 0.2) is 0 Å². The van der Waals surface area contributed by atoms with Crippen LogP contribution in [0.1, 0.15) is 21.0 Å². The lowest BCUT2D eigenvalue weighted by atomic mass is 9.94. The second kappa shape index (κ2) is 7.25. The van der Waals surface area contributed by atoms with Gasteiger partial charge < -0.3 is 24.7 Å². The molecule has 27 heavy (non-hydrogen) atoms. The quantitative estimate of drug-likeness (QED) is 0.610. The van der Waals surface area contributed by atoms with Crippen molar-refractivity contribution in [3.05, 3.63) is 59.9 Å². The van der Waals surface area contributed by atoms with Gasteiger partial charge in [0.2, 0.25) is 0 Å². The number of H-pyrrole nitrogens is 1. The molecule has 7 nitrogen and oxygen atoms in total. The number of aromatic amines is 1. The van der Waals surface area contributed by atoms with Crippen LogP contribution >= 0.6 is 0 Å². The lowest BCUT2D eigenvalue weighted by Crippen LogP contribution is -2.06. The fourth-order valence-electron chi connectivity index (χ4n) is 2.84. The van der Waals surface area contributed by atoms with Gasteiger partial charge in [-0.1, -0.05) is 24.3 Å². The zero-order valence-corrected chi connectivity index (χ0v) is 14.6. The number of carbonyl (C=O) groups excluding carboxylic acids is 2. The smallest absolute Gasteiger partial charge is 0.355 e. The highest BCUT2D eigenvalue weighted by atomic mass is 16.5. The molecule has 0 unspecified atom stereocenters. The number of hydrogen-bond acceptors (Lipinski definition) is 6. The van der Waals surface area contributed by atoms with E-state index in [1.165, 1.54) is 38.5 Å². The Morgan fingerprint density at radius 3 is 1.33 bits per heavy atom. The van der Waals surface area contributed by atoms with Crippen molar-refractivity contribution in [2.45, 2.75) is 0 Å². The van der Waals surface area contributed by atoms with Gasteiger partial charge in [-0.25, -0.2) is 9.59 Å². The number of hydrogen-bond donors (Lipinski definition) is 3. The molecule has 7 heteroatoms. The van der Waals surface area contributed by atoms with Gasteiger partial charge in [-0.2, -0.15) is 0 Å². The lowest BCUT2D eigenvalue weighted by Gasteiger charge is -2.09. The summed E-state index contributed by atoms with van der Waals surface area (Å²) in [4.78, 5) is 27.5. The van der Waals surface area contributed by atoms with Crippen LogP contribution in [0, 0.1) is 0 Å². The molecule has 0 atom stereocenters. The maximum absolute atomic E-state index is 12.3. The van der Waals surface area contributed by atoms with Crippen LogP contribution in [-0.2, 0) is 9.47 Å². The minimum Gasteiger partial charge on any atom is -0.508 e. The predicted octanol–water partition coefficient (Wildman–Crippen LogP) is 3.33. The zero-order chi connectivity index (χ0) is 19.6. The molecule has 0 amide bonds. The highest BCUT2D eigenvalue weighted by Gasteiger charge is 2.28. The summed E-state index contributed by atoms with van der Waals surface area (Å²) in [6, 6.07) is 12.4. The van der Waals surface area contributed by atoms with Crippen molar-refractivity contribution >= 4 is 11.9 Å². The summed E-state index contributed by atoms with van der Waals surface area (Å²) >= 11 is 0. The van der Waals surface area contributed by atoms with Gasteiger partial charge in [0.1, 0.15) is 22.9 Å². The number of carbonyl (C=O) groups is 2. The van der Waals surface area contributed by atoms with Gasteiger partial charge in [-0.05, 0) is 35.4 Å². The average Bonchev–Trinajstić information content (AvgIpc) is 3.08. The largest absolute Gasteiger partial charge is 0.508 e. The molecule has 138 valence electrons. The molecule has 0 bridgehead atoms. The molecule has 3 aromatic rings. The first-order valence-corrected chi connectivity index (χ1v) is 7.97. The van der Waals surface area contributed by atoms with Crippen LogP contribution in [0.15, 0.2) is 48.5 Å². The predicted molar refractivity (Wildman–Crippen MR) is 97.7 cm³/mol. The van der Waals surface area contributed by atoms with Crippen LogP contribution in [0.25, 0.3) is 22.3 Å². The fourth-order valence-corrected chi connectivity index (χ4v) is 2.84. The molecule has 0 saturated carbocycles. The van der Waals surface area contributed by atoms with E-state index in [1.807, 2.05) is 0 Å². The summed E-state index contributed by atoms with van der Waals surface area (Å²) in [5.41, 5.74) is 2.17. The van der Waals surface area contributed by atoms with Crippen molar-refractivity contribution in [3.8, 4) is 33.8 Å². The Morgan fingerprint density at radius 2 is 1.04 bits per heavy atom. The molecular weight excluding hydrogens is 350 g/mol. The van der Waals surface area contributed by atoms with E-state index in [-0.39, 0.29) is 22.9 Å². The van der Waals surface area contributed by atoms with E-state index in [2.05, 4.69) is 4.98 Å². The number of aromatic hydroxyl groups is 2. The number of esters is 2. The number of phenolic OH excluding ortho intramolecular Hbond substituents is 2. The summed E-state index contributed by atoms with van der Waals surface area (Å²) in [6.45, 7) is 0. The summed E-state index contributed by atoms with van der Waals surface area (Å²) < 4.78 is 9.69. The third-order valence-corrected chi connectivity index (χ3v) is 4.09. The Hall–Kier alpha value is -3.74. The summed E-state index contributed by atoms with van der Waals surface area (Å²) in [5, 5.41) is 19.2.